The average molecular weight is 480 g/mol. The van der Waals surface area contributed by atoms with Gasteiger partial charge in [0.1, 0.15) is 11.9 Å². The molecule has 1 unspecified atom stereocenters. The SMILES string of the molecule is CCC(CO)ONC(=O)c1ccc(F)c(F)c1Nc1ccc(I)cc1F. The zero-order chi connectivity index (χ0) is 19.3. The van der Waals surface area contributed by atoms with Crippen LogP contribution in [0.5, 0.6) is 0 Å². The highest BCUT2D eigenvalue weighted by atomic mass is 127. The van der Waals surface area contributed by atoms with Crippen LogP contribution in [-0.4, -0.2) is 23.7 Å². The molecule has 1 atom stereocenters. The number of anilines is 2. The summed E-state index contributed by atoms with van der Waals surface area (Å²) in [6, 6.07) is 5.95. The Bertz CT molecular complexity index is 801. The summed E-state index contributed by atoms with van der Waals surface area (Å²) in [5.41, 5.74) is 1.15. The number of aliphatic hydroxyl groups excluding tert-OH is 1. The number of aliphatic hydroxyl groups is 1. The number of rotatable bonds is 7. The standard InChI is InChI=1S/C17H16F3IN2O3/c1-2-10(8-24)26-23-17(25)11-4-5-12(18)15(20)16(11)22-14-6-3-9(21)7-13(14)19/h3-7,10,22,24H,2,8H2,1H3,(H,23,25). The molecule has 0 aliphatic heterocycles. The number of benzene rings is 2. The van der Waals surface area contributed by atoms with Gasteiger partial charge in [-0.2, -0.15) is 0 Å². The zero-order valence-corrected chi connectivity index (χ0v) is 15.8. The fraction of sp³-hybridized carbons (Fsp3) is 0.235. The Kier molecular flexibility index (Phi) is 7.23. The minimum absolute atomic E-state index is 0.119. The van der Waals surface area contributed by atoms with E-state index in [0.29, 0.717) is 9.99 Å². The monoisotopic (exact) mass is 480 g/mol. The van der Waals surface area contributed by atoms with Crippen LogP contribution in [-0.2, 0) is 4.84 Å². The molecule has 0 bridgehead atoms. The topological polar surface area (TPSA) is 70.6 Å². The van der Waals surface area contributed by atoms with E-state index in [0.717, 1.165) is 12.1 Å². The second-order valence-corrected chi connectivity index (χ2v) is 6.54. The van der Waals surface area contributed by atoms with Crippen molar-refractivity contribution in [2.75, 3.05) is 11.9 Å². The Labute approximate surface area is 161 Å². The lowest BCUT2D eigenvalue weighted by Crippen LogP contribution is -2.31. The second-order valence-electron chi connectivity index (χ2n) is 5.29. The summed E-state index contributed by atoms with van der Waals surface area (Å²) in [6.07, 6.45) is -0.220. The average Bonchev–Trinajstić information content (AvgIpc) is 2.61. The van der Waals surface area contributed by atoms with Gasteiger partial charge in [-0.15, -0.1) is 0 Å². The summed E-state index contributed by atoms with van der Waals surface area (Å²) in [4.78, 5) is 17.3. The number of nitrogens with one attached hydrogen (secondary N) is 2. The summed E-state index contributed by atoms with van der Waals surface area (Å²) in [6.45, 7) is 1.41. The first-order valence-corrected chi connectivity index (χ1v) is 8.72. The molecule has 3 N–H and O–H groups in total. The maximum Gasteiger partial charge on any atom is 0.277 e. The van der Waals surface area contributed by atoms with Gasteiger partial charge in [0.05, 0.1) is 23.5 Å². The largest absolute Gasteiger partial charge is 0.394 e. The third-order valence-corrected chi connectivity index (χ3v) is 4.18. The van der Waals surface area contributed by atoms with Crippen LogP contribution in [0.25, 0.3) is 0 Å². The minimum Gasteiger partial charge on any atom is -0.394 e. The molecule has 0 aliphatic rings. The van der Waals surface area contributed by atoms with Crippen molar-refractivity contribution in [3.05, 3.63) is 56.9 Å². The Balaban J connectivity index is 2.32. The van der Waals surface area contributed by atoms with Crippen molar-refractivity contribution in [1.29, 1.82) is 0 Å². The highest BCUT2D eigenvalue weighted by molar-refractivity contribution is 14.1. The van der Waals surface area contributed by atoms with E-state index in [4.69, 9.17) is 9.94 Å². The van der Waals surface area contributed by atoms with E-state index in [-0.39, 0.29) is 17.9 Å². The highest BCUT2D eigenvalue weighted by Gasteiger charge is 2.21. The molecule has 0 fully saturated rings. The normalized spacial score (nSPS) is 11.9. The number of carbonyl (C=O) groups excluding carboxylic acids is 1. The molecule has 5 nitrogen and oxygen atoms in total. The Hall–Kier alpha value is -1.85. The first-order valence-electron chi connectivity index (χ1n) is 7.64. The lowest BCUT2D eigenvalue weighted by molar-refractivity contribution is -0.0408. The summed E-state index contributed by atoms with van der Waals surface area (Å²) in [5, 5.41) is 11.5. The van der Waals surface area contributed by atoms with Crippen molar-refractivity contribution < 1.29 is 27.9 Å². The van der Waals surface area contributed by atoms with Crippen LogP contribution in [0.2, 0.25) is 0 Å². The molecule has 0 heterocycles. The molecular formula is C17H16F3IN2O3. The highest BCUT2D eigenvalue weighted by Crippen LogP contribution is 2.28. The number of hydrogen-bond donors (Lipinski definition) is 3. The van der Waals surface area contributed by atoms with E-state index in [1.54, 1.807) is 13.0 Å². The molecule has 2 aromatic rings. The number of hydrogen-bond acceptors (Lipinski definition) is 4. The van der Waals surface area contributed by atoms with Crippen LogP contribution in [0.4, 0.5) is 24.5 Å². The summed E-state index contributed by atoms with van der Waals surface area (Å²) in [7, 11) is 0. The Morgan fingerprint density at radius 3 is 2.58 bits per heavy atom. The number of hydroxylamine groups is 1. The van der Waals surface area contributed by atoms with Gasteiger partial charge in [0.25, 0.3) is 5.91 Å². The van der Waals surface area contributed by atoms with Crippen LogP contribution in [0.1, 0.15) is 23.7 Å². The smallest absolute Gasteiger partial charge is 0.277 e. The van der Waals surface area contributed by atoms with Gasteiger partial charge in [-0.3, -0.25) is 9.63 Å². The molecule has 1 amide bonds. The van der Waals surface area contributed by atoms with Crippen LogP contribution in [0.15, 0.2) is 30.3 Å². The molecule has 140 valence electrons. The lowest BCUT2D eigenvalue weighted by Gasteiger charge is -2.16. The maximum atomic E-state index is 14.2. The first-order chi connectivity index (χ1) is 12.4. The number of amides is 1. The van der Waals surface area contributed by atoms with Crippen LogP contribution >= 0.6 is 22.6 Å². The Morgan fingerprint density at radius 2 is 1.96 bits per heavy atom. The van der Waals surface area contributed by atoms with Crippen LogP contribution in [0.3, 0.4) is 0 Å². The maximum absolute atomic E-state index is 14.2. The van der Waals surface area contributed by atoms with Gasteiger partial charge in [0.15, 0.2) is 11.6 Å². The van der Waals surface area contributed by atoms with E-state index in [2.05, 4.69) is 10.8 Å². The zero-order valence-electron chi connectivity index (χ0n) is 13.7. The van der Waals surface area contributed by atoms with Gasteiger partial charge in [-0.25, -0.2) is 18.7 Å². The summed E-state index contributed by atoms with van der Waals surface area (Å²) < 4.78 is 42.5. The summed E-state index contributed by atoms with van der Waals surface area (Å²) >= 11 is 1.90. The third kappa shape index (κ3) is 4.86. The molecule has 2 aromatic carbocycles. The van der Waals surface area contributed by atoms with Gasteiger partial charge < -0.3 is 10.4 Å². The predicted molar refractivity (Wildman–Crippen MR) is 98.5 cm³/mol. The van der Waals surface area contributed by atoms with E-state index in [1.165, 1.54) is 12.1 Å². The van der Waals surface area contributed by atoms with Crippen molar-refractivity contribution >= 4 is 39.9 Å². The minimum atomic E-state index is -1.33. The van der Waals surface area contributed by atoms with E-state index in [1.807, 2.05) is 22.6 Å². The molecule has 0 aliphatic carbocycles. The van der Waals surface area contributed by atoms with Gasteiger partial charge in [0.2, 0.25) is 0 Å². The molecule has 0 aromatic heterocycles. The molecule has 0 radical (unpaired) electrons. The van der Waals surface area contributed by atoms with Crippen molar-refractivity contribution in [3.8, 4) is 0 Å². The molecule has 9 heteroatoms. The van der Waals surface area contributed by atoms with Crippen LogP contribution in [0, 0.1) is 21.0 Å². The quantitative estimate of drug-likeness (QED) is 0.416. The number of halogens is 4. The molecular weight excluding hydrogens is 464 g/mol. The van der Waals surface area contributed by atoms with Gasteiger partial charge in [0, 0.05) is 3.57 Å². The lowest BCUT2D eigenvalue weighted by atomic mass is 10.1. The van der Waals surface area contributed by atoms with E-state index in [9.17, 15) is 18.0 Å². The third-order valence-electron chi connectivity index (χ3n) is 3.51. The molecule has 0 saturated heterocycles. The molecule has 2 rings (SSSR count). The van der Waals surface area contributed by atoms with Gasteiger partial charge in [-0.1, -0.05) is 6.92 Å². The fourth-order valence-corrected chi connectivity index (χ4v) is 2.48. The van der Waals surface area contributed by atoms with Gasteiger partial charge >= 0.3 is 0 Å². The molecule has 0 saturated carbocycles. The Morgan fingerprint density at radius 1 is 1.23 bits per heavy atom. The van der Waals surface area contributed by atoms with Gasteiger partial charge in [-0.05, 0) is 59.3 Å². The first kappa shape index (κ1) is 20.5. The van der Waals surface area contributed by atoms with Crippen molar-refractivity contribution in [2.24, 2.45) is 0 Å². The van der Waals surface area contributed by atoms with Crippen molar-refractivity contribution in [2.45, 2.75) is 19.4 Å². The van der Waals surface area contributed by atoms with Crippen LogP contribution < -0.4 is 10.8 Å². The van der Waals surface area contributed by atoms with E-state index >= 15 is 0 Å². The predicted octanol–water partition coefficient (Wildman–Crippen LogP) is 3.88. The van der Waals surface area contributed by atoms with Crippen molar-refractivity contribution in [3.63, 3.8) is 0 Å². The van der Waals surface area contributed by atoms with Crippen molar-refractivity contribution in [1.82, 2.24) is 5.48 Å². The molecule has 26 heavy (non-hydrogen) atoms. The number of carbonyl (C=O) groups is 1. The fourth-order valence-electron chi connectivity index (χ4n) is 2.03. The summed E-state index contributed by atoms with van der Waals surface area (Å²) in [5.74, 6) is -4.08. The van der Waals surface area contributed by atoms with E-state index < -0.39 is 35.2 Å². The second kappa shape index (κ2) is 9.19. The molecule has 0 spiro atoms.